The summed E-state index contributed by atoms with van der Waals surface area (Å²) in [5, 5.41) is 3.87. The van der Waals surface area contributed by atoms with Crippen molar-refractivity contribution in [3.63, 3.8) is 0 Å². The number of nitrogens with one attached hydrogen (secondary N) is 2. The smallest absolute Gasteiger partial charge is 0.267 e. The number of amides is 1. The number of allylic oxidation sites excluding steroid dienone is 1. The summed E-state index contributed by atoms with van der Waals surface area (Å²) >= 11 is 0. The van der Waals surface area contributed by atoms with Crippen LogP contribution in [0.1, 0.15) is 48.3 Å². The van der Waals surface area contributed by atoms with Crippen molar-refractivity contribution in [1.29, 1.82) is 0 Å². The lowest BCUT2D eigenvalue weighted by atomic mass is 9.97. The van der Waals surface area contributed by atoms with E-state index in [-0.39, 0.29) is 5.91 Å². The van der Waals surface area contributed by atoms with E-state index in [1.165, 1.54) is 11.1 Å². The second-order valence-electron chi connectivity index (χ2n) is 7.23. The topological polar surface area (TPSA) is 57.8 Å². The molecule has 3 rings (SSSR count). The van der Waals surface area contributed by atoms with E-state index in [4.69, 9.17) is 0 Å². The first-order valence-corrected chi connectivity index (χ1v) is 9.49. The predicted molar refractivity (Wildman–Crippen MR) is 112 cm³/mol. The van der Waals surface area contributed by atoms with Crippen molar-refractivity contribution >= 4 is 16.9 Å². The van der Waals surface area contributed by atoms with Gasteiger partial charge in [-0.25, -0.2) is 4.98 Å². The number of benzene rings is 1. The molecule has 3 aromatic rings. The van der Waals surface area contributed by atoms with Gasteiger partial charge in [-0.2, -0.15) is 0 Å². The van der Waals surface area contributed by atoms with E-state index < -0.39 is 0 Å². The van der Waals surface area contributed by atoms with Crippen LogP contribution < -0.4 is 5.32 Å². The van der Waals surface area contributed by atoms with Crippen LogP contribution in [0.2, 0.25) is 0 Å². The van der Waals surface area contributed by atoms with Crippen LogP contribution in [-0.4, -0.2) is 22.4 Å². The minimum atomic E-state index is -0.0806. The zero-order valence-corrected chi connectivity index (χ0v) is 16.4. The molecule has 1 amide bonds. The first-order valence-electron chi connectivity index (χ1n) is 9.49. The van der Waals surface area contributed by atoms with Gasteiger partial charge in [-0.05, 0) is 55.5 Å². The summed E-state index contributed by atoms with van der Waals surface area (Å²) < 4.78 is 0. The third-order valence-electron chi connectivity index (χ3n) is 4.70. The SMILES string of the molecule is C=C(C)Cc1ccc(-c2cnc3[nH]c(C(=O)NCCCC)cc3c2)cc1C. The summed E-state index contributed by atoms with van der Waals surface area (Å²) in [6, 6.07) is 10.4. The molecule has 140 valence electrons. The Morgan fingerprint density at radius 3 is 2.74 bits per heavy atom. The molecular weight excluding hydrogens is 334 g/mol. The Bertz CT molecular complexity index is 984. The van der Waals surface area contributed by atoms with Gasteiger partial charge in [0.15, 0.2) is 0 Å². The Morgan fingerprint density at radius 1 is 1.22 bits per heavy atom. The number of aryl methyl sites for hydroxylation is 1. The Balaban J connectivity index is 1.85. The largest absolute Gasteiger partial charge is 0.351 e. The third-order valence-corrected chi connectivity index (χ3v) is 4.70. The highest BCUT2D eigenvalue weighted by atomic mass is 16.1. The number of pyridine rings is 1. The van der Waals surface area contributed by atoms with Gasteiger partial charge < -0.3 is 10.3 Å². The van der Waals surface area contributed by atoms with Crippen molar-refractivity contribution in [2.24, 2.45) is 0 Å². The lowest BCUT2D eigenvalue weighted by molar-refractivity contribution is 0.0949. The number of carbonyl (C=O) groups excluding carboxylic acids is 1. The predicted octanol–water partition coefficient (Wildman–Crippen LogP) is 5.19. The Labute approximate surface area is 160 Å². The summed E-state index contributed by atoms with van der Waals surface area (Å²) in [6.45, 7) is 11.0. The Kier molecular flexibility index (Phi) is 5.75. The van der Waals surface area contributed by atoms with Crippen LogP contribution in [0.3, 0.4) is 0 Å². The second-order valence-corrected chi connectivity index (χ2v) is 7.23. The van der Waals surface area contributed by atoms with Gasteiger partial charge in [0, 0.05) is 23.7 Å². The maximum Gasteiger partial charge on any atom is 0.267 e. The van der Waals surface area contributed by atoms with Crippen LogP contribution in [0, 0.1) is 6.92 Å². The van der Waals surface area contributed by atoms with Crippen molar-refractivity contribution < 1.29 is 4.79 Å². The van der Waals surface area contributed by atoms with Crippen LogP contribution in [0.5, 0.6) is 0 Å². The van der Waals surface area contributed by atoms with Crippen molar-refractivity contribution in [1.82, 2.24) is 15.3 Å². The molecule has 0 aliphatic heterocycles. The fourth-order valence-corrected chi connectivity index (χ4v) is 3.17. The number of aromatic nitrogens is 2. The lowest BCUT2D eigenvalue weighted by Gasteiger charge is -2.09. The number of carbonyl (C=O) groups is 1. The zero-order chi connectivity index (χ0) is 19.4. The van der Waals surface area contributed by atoms with Gasteiger partial charge in [0.25, 0.3) is 5.91 Å². The van der Waals surface area contributed by atoms with E-state index >= 15 is 0 Å². The van der Waals surface area contributed by atoms with Crippen molar-refractivity contribution in [2.45, 2.75) is 40.0 Å². The number of H-pyrrole nitrogens is 1. The summed E-state index contributed by atoms with van der Waals surface area (Å²) in [5.74, 6) is -0.0806. The highest BCUT2D eigenvalue weighted by molar-refractivity contribution is 5.97. The second kappa shape index (κ2) is 8.21. The molecule has 0 fully saturated rings. The van der Waals surface area contributed by atoms with Crippen LogP contribution in [0.25, 0.3) is 22.2 Å². The fourth-order valence-electron chi connectivity index (χ4n) is 3.17. The number of aromatic amines is 1. The minimum Gasteiger partial charge on any atom is -0.351 e. The number of unbranched alkanes of at least 4 members (excludes halogenated alkanes) is 1. The van der Waals surface area contributed by atoms with Crippen molar-refractivity contribution in [3.8, 4) is 11.1 Å². The molecule has 0 unspecified atom stereocenters. The molecule has 0 spiro atoms. The molecule has 0 aliphatic rings. The number of hydrogen-bond donors (Lipinski definition) is 2. The third kappa shape index (κ3) is 4.45. The van der Waals surface area contributed by atoms with E-state index in [9.17, 15) is 4.79 Å². The molecule has 4 heteroatoms. The molecule has 0 atom stereocenters. The van der Waals surface area contributed by atoms with Crippen molar-refractivity contribution in [2.75, 3.05) is 6.54 Å². The lowest BCUT2D eigenvalue weighted by Crippen LogP contribution is -2.24. The highest BCUT2D eigenvalue weighted by Crippen LogP contribution is 2.26. The number of hydrogen-bond acceptors (Lipinski definition) is 2. The average Bonchev–Trinajstić information content (AvgIpc) is 3.06. The van der Waals surface area contributed by atoms with E-state index in [1.54, 1.807) is 0 Å². The maximum absolute atomic E-state index is 12.2. The average molecular weight is 361 g/mol. The molecule has 4 nitrogen and oxygen atoms in total. The van der Waals surface area contributed by atoms with Gasteiger partial charge in [-0.1, -0.05) is 43.7 Å². The van der Waals surface area contributed by atoms with E-state index in [2.05, 4.69) is 60.0 Å². The van der Waals surface area contributed by atoms with Crippen molar-refractivity contribution in [3.05, 3.63) is 65.5 Å². The van der Waals surface area contributed by atoms with Gasteiger partial charge in [-0.3, -0.25) is 4.79 Å². The van der Waals surface area contributed by atoms with Gasteiger partial charge in [0.1, 0.15) is 11.3 Å². The summed E-state index contributed by atoms with van der Waals surface area (Å²) in [5.41, 5.74) is 7.17. The zero-order valence-electron chi connectivity index (χ0n) is 16.4. The summed E-state index contributed by atoms with van der Waals surface area (Å²) in [6.07, 6.45) is 4.79. The van der Waals surface area contributed by atoms with E-state index in [0.29, 0.717) is 12.2 Å². The first kappa shape index (κ1) is 18.9. The molecule has 0 radical (unpaired) electrons. The molecule has 2 heterocycles. The molecule has 0 saturated heterocycles. The van der Waals surface area contributed by atoms with Crippen LogP contribution in [-0.2, 0) is 6.42 Å². The number of nitrogens with zero attached hydrogens (tertiary/aromatic N) is 1. The molecule has 0 aliphatic carbocycles. The molecule has 27 heavy (non-hydrogen) atoms. The van der Waals surface area contributed by atoms with Crippen LogP contribution in [0.4, 0.5) is 0 Å². The normalized spacial score (nSPS) is 10.9. The van der Waals surface area contributed by atoms with Gasteiger partial charge in [-0.15, -0.1) is 0 Å². The first-order chi connectivity index (χ1) is 13.0. The summed E-state index contributed by atoms with van der Waals surface area (Å²) in [4.78, 5) is 19.9. The molecular formula is C23H27N3O. The molecule has 1 aromatic carbocycles. The highest BCUT2D eigenvalue weighted by Gasteiger charge is 2.11. The molecule has 2 N–H and O–H groups in total. The quantitative estimate of drug-likeness (QED) is 0.449. The van der Waals surface area contributed by atoms with Crippen LogP contribution >= 0.6 is 0 Å². The number of fused-ring (bicyclic) bond motifs is 1. The van der Waals surface area contributed by atoms with Crippen LogP contribution in [0.15, 0.2) is 48.7 Å². The van der Waals surface area contributed by atoms with Gasteiger partial charge >= 0.3 is 0 Å². The van der Waals surface area contributed by atoms with Gasteiger partial charge in [0.05, 0.1) is 0 Å². The van der Waals surface area contributed by atoms with E-state index in [1.807, 2.05) is 19.2 Å². The van der Waals surface area contributed by atoms with E-state index in [0.717, 1.165) is 47.0 Å². The Morgan fingerprint density at radius 2 is 2.04 bits per heavy atom. The fraction of sp³-hybridized carbons (Fsp3) is 0.304. The number of rotatable bonds is 7. The minimum absolute atomic E-state index is 0.0806. The monoisotopic (exact) mass is 361 g/mol. The Hall–Kier alpha value is -2.88. The summed E-state index contributed by atoms with van der Waals surface area (Å²) in [7, 11) is 0. The molecule has 0 saturated carbocycles. The maximum atomic E-state index is 12.2. The molecule has 2 aromatic heterocycles. The van der Waals surface area contributed by atoms with Gasteiger partial charge in [0.2, 0.25) is 0 Å². The standard InChI is InChI=1S/C23H27N3O/c1-5-6-9-24-23(27)21-13-19-12-20(14-25-22(19)26-21)18-8-7-17(10-15(2)3)16(4)11-18/h7-8,11-14H,2,5-6,9-10H2,1,3-4H3,(H,24,27)(H,25,26). The molecule has 0 bridgehead atoms.